The molecule has 0 fully saturated rings. The van der Waals surface area contributed by atoms with E-state index in [1.54, 1.807) is 36.4 Å². The molecule has 3 N–H and O–H groups in total. The van der Waals surface area contributed by atoms with Crippen LogP contribution in [0.2, 0.25) is 0 Å². The second-order valence-corrected chi connectivity index (χ2v) is 3.98. The molecule has 4 heteroatoms. The molecule has 0 aliphatic carbocycles. The molecule has 0 saturated heterocycles. The van der Waals surface area contributed by atoms with Crippen LogP contribution < -0.4 is 11.1 Å². The van der Waals surface area contributed by atoms with Crippen molar-refractivity contribution < 1.29 is 9.18 Å². The number of nitrogens with two attached hydrogens (primary N) is 1. The van der Waals surface area contributed by atoms with Crippen LogP contribution in [0.3, 0.4) is 0 Å². The summed E-state index contributed by atoms with van der Waals surface area (Å²) >= 11 is 0. The lowest BCUT2D eigenvalue weighted by Crippen LogP contribution is -2.14. The first-order chi connectivity index (χ1) is 8.63. The Labute approximate surface area is 104 Å². The number of rotatable bonds is 3. The summed E-state index contributed by atoms with van der Waals surface area (Å²) in [4.78, 5) is 11.7. The Balaban J connectivity index is 1.98. The highest BCUT2D eigenvalue weighted by Gasteiger charge is 2.04. The molecule has 18 heavy (non-hydrogen) atoms. The van der Waals surface area contributed by atoms with Gasteiger partial charge in [-0.25, -0.2) is 4.39 Å². The van der Waals surface area contributed by atoms with Crippen molar-refractivity contribution in [3.8, 4) is 0 Å². The number of nitrogens with one attached hydrogen (secondary N) is 1. The summed E-state index contributed by atoms with van der Waals surface area (Å²) in [5, 5.41) is 2.72. The Morgan fingerprint density at radius 3 is 2.56 bits per heavy atom. The first kappa shape index (κ1) is 12.1. The zero-order valence-electron chi connectivity index (χ0n) is 9.69. The zero-order chi connectivity index (χ0) is 13.0. The van der Waals surface area contributed by atoms with Crippen LogP contribution in [0, 0.1) is 5.82 Å². The molecule has 0 aliphatic heterocycles. The SMILES string of the molecule is Nc1ccc(NC(=O)Cc2cccc(F)c2)cc1. The van der Waals surface area contributed by atoms with Crippen molar-refractivity contribution in [2.24, 2.45) is 0 Å². The van der Waals surface area contributed by atoms with Crippen LogP contribution in [0.1, 0.15) is 5.56 Å². The summed E-state index contributed by atoms with van der Waals surface area (Å²) in [6.45, 7) is 0. The van der Waals surface area contributed by atoms with E-state index in [2.05, 4.69) is 5.32 Å². The molecule has 0 unspecified atom stereocenters. The maximum absolute atomic E-state index is 12.9. The number of halogens is 1. The number of nitrogen functional groups attached to an aromatic ring is 1. The molecule has 0 atom stereocenters. The van der Waals surface area contributed by atoms with E-state index in [-0.39, 0.29) is 18.1 Å². The minimum absolute atomic E-state index is 0.141. The second kappa shape index (κ2) is 5.31. The highest BCUT2D eigenvalue weighted by atomic mass is 19.1. The van der Waals surface area contributed by atoms with Crippen molar-refractivity contribution in [1.82, 2.24) is 0 Å². The molecule has 3 nitrogen and oxygen atoms in total. The number of amides is 1. The van der Waals surface area contributed by atoms with Gasteiger partial charge in [0.25, 0.3) is 0 Å². The van der Waals surface area contributed by atoms with Gasteiger partial charge in [0.1, 0.15) is 5.82 Å². The van der Waals surface area contributed by atoms with Crippen molar-refractivity contribution in [3.63, 3.8) is 0 Å². The maximum atomic E-state index is 12.9. The number of anilines is 2. The molecule has 1 amide bonds. The van der Waals surface area contributed by atoms with E-state index in [0.717, 1.165) is 0 Å². The zero-order valence-corrected chi connectivity index (χ0v) is 9.69. The lowest BCUT2D eigenvalue weighted by molar-refractivity contribution is -0.115. The molecule has 0 bridgehead atoms. The molecule has 0 heterocycles. The van der Waals surface area contributed by atoms with Crippen LogP contribution in [0.4, 0.5) is 15.8 Å². The number of carbonyl (C=O) groups is 1. The quantitative estimate of drug-likeness (QED) is 0.815. The number of hydrogen-bond donors (Lipinski definition) is 2. The van der Waals surface area contributed by atoms with Gasteiger partial charge in [0.2, 0.25) is 5.91 Å². The van der Waals surface area contributed by atoms with Crippen molar-refractivity contribution in [1.29, 1.82) is 0 Å². The highest BCUT2D eigenvalue weighted by Crippen LogP contribution is 2.11. The van der Waals surface area contributed by atoms with E-state index >= 15 is 0 Å². The molecular formula is C14H13FN2O. The van der Waals surface area contributed by atoms with Crippen LogP contribution in [0.15, 0.2) is 48.5 Å². The molecular weight excluding hydrogens is 231 g/mol. The highest BCUT2D eigenvalue weighted by molar-refractivity contribution is 5.92. The van der Waals surface area contributed by atoms with Crippen molar-refractivity contribution in [3.05, 3.63) is 59.9 Å². The summed E-state index contributed by atoms with van der Waals surface area (Å²) in [6.07, 6.45) is 0.141. The monoisotopic (exact) mass is 244 g/mol. The van der Waals surface area contributed by atoms with Crippen molar-refractivity contribution >= 4 is 17.3 Å². The van der Waals surface area contributed by atoms with Crippen LogP contribution in [0.25, 0.3) is 0 Å². The van der Waals surface area contributed by atoms with E-state index in [1.807, 2.05) is 0 Å². The average Bonchev–Trinajstić information content (AvgIpc) is 2.32. The minimum atomic E-state index is -0.340. The molecule has 2 rings (SSSR count). The van der Waals surface area contributed by atoms with Gasteiger partial charge in [-0.2, -0.15) is 0 Å². The van der Waals surface area contributed by atoms with E-state index in [4.69, 9.17) is 5.73 Å². The fourth-order valence-corrected chi connectivity index (χ4v) is 1.60. The van der Waals surface area contributed by atoms with Crippen LogP contribution in [-0.2, 0) is 11.2 Å². The topological polar surface area (TPSA) is 55.1 Å². The molecule has 0 spiro atoms. The molecule has 0 aliphatic rings. The summed E-state index contributed by atoms with van der Waals surface area (Å²) in [5.41, 5.74) is 7.49. The maximum Gasteiger partial charge on any atom is 0.228 e. The predicted octanol–water partition coefficient (Wildman–Crippen LogP) is 2.59. The third kappa shape index (κ3) is 3.31. The summed E-state index contributed by atoms with van der Waals surface area (Å²) in [6, 6.07) is 12.9. The van der Waals surface area contributed by atoms with Crippen LogP contribution in [0.5, 0.6) is 0 Å². The van der Waals surface area contributed by atoms with Crippen LogP contribution in [-0.4, -0.2) is 5.91 Å². The smallest absolute Gasteiger partial charge is 0.228 e. The third-order valence-electron chi connectivity index (χ3n) is 2.45. The Kier molecular flexibility index (Phi) is 3.57. The van der Waals surface area contributed by atoms with Gasteiger partial charge in [0.05, 0.1) is 6.42 Å². The summed E-state index contributed by atoms with van der Waals surface area (Å²) in [7, 11) is 0. The Morgan fingerprint density at radius 1 is 1.17 bits per heavy atom. The van der Waals surface area contributed by atoms with Gasteiger partial charge in [-0.15, -0.1) is 0 Å². The minimum Gasteiger partial charge on any atom is -0.399 e. The molecule has 0 aromatic heterocycles. The molecule has 2 aromatic rings. The second-order valence-electron chi connectivity index (χ2n) is 3.98. The van der Waals surface area contributed by atoms with Gasteiger partial charge in [-0.05, 0) is 42.0 Å². The third-order valence-corrected chi connectivity index (χ3v) is 2.45. The largest absolute Gasteiger partial charge is 0.399 e. The first-order valence-electron chi connectivity index (χ1n) is 5.53. The Hall–Kier alpha value is -2.36. The summed E-state index contributed by atoms with van der Waals surface area (Å²) in [5.74, 6) is -0.529. The normalized spacial score (nSPS) is 10.1. The van der Waals surface area contributed by atoms with Crippen LogP contribution >= 0.6 is 0 Å². The number of carbonyl (C=O) groups excluding carboxylic acids is 1. The van der Waals surface area contributed by atoms with E-state index < -0.39 is 0 Å². The van der Waals surface area contributed by atoms with E-state index in [9.17, 15) is 9.18 Å². The van der Waals surface area contributed by atoms with Gasteiger partial charge >= 0.3 is 0 Å². The number of benzene rings is 2. The molecule has 2 aromatic carbocycles. The Morgan fingerprint density at radius 2 is 1.89 bits per heavy atom. The molecule has 92 valence electrons. The van der Waals surface area contributed by atoms with Gasteiger partial charge < -0.3 is 11.1 Å². The fraction of sp³-hybridized carbons (Fsp3) is 0.0714. The predicted molar refractivity (Wildman–Crippen MR) is 69.6 cm³/mol. The molecule has 0 saturated carbocycles. The molecule has 0 radical (unpaired) electrons. The van der Waals surface area contributed by atoms with Crippen molar-refractivity contribution in [2.75, 3.05) is 11.1 Å². The van der Waals surface area contributed by atoms with Gasteiger partial charge in [-0.1, -0.05) is 12.1 Å². The summed E-state index contributed by atoms with van der Waals surface area (Å²) < 4.78 is 12.9. The van der Waals surface area contributed by atoms with E-state index in [0.29, 0.717) is 16.9 Å². The lowest BCUT2D eigenvalue weighted by Gasteiger charge is -2.05. The van der Waals surface area contributed by atoms with Gasteiger partial charge in [-0.3, -0.25) is 4.79 Å². The van der Waals surface area contributed by atoms with E-state index in [1.165, 1.54) is 12.1 Å². The average molecular weight is 244 g/mol. The van der Waals surface area contributed by atoms with Gasteiger partial charge in [0, 0.05) is 11.4 Å². The van der Waals surface area contributed by atoms with Crippen molar-refractivity contribution in [2.45, 2.75) is 6.42 Å². The Bertz CT molecular complexity index is 552. The first-order valence-corrected chi connectivity index (χ1v) is 5.53. The fourth-order valence-electron chi connectivity index (χ4n) is 1.60. The standard InChI is InChI=1S/C14H13FN2O/c15-11-3-1-2-10(8-11)9-14(18)17-13-6-4-12(16)5-7-13/h1-8H,9,16H2,(H,17,18). The lowest BCUT2D eigenvalue weighted by atomic mass is 10.1. The number of hydrogen-bond acceptors (Lipinski definition) is 2. The van der Waals surface area contributed by atoms with Gasteiger partial charge in [0.15, 0.2) is 0 Å².